The molecular weight excluding hydrogens is 383 g/mol. The van der Waals surface area contributed by atoms with E-state index in [4.69, 9.17) is 0 Å². The standard InChI is InChI=1S/C21H22F3N3O2/c1-26(2)19(17-13-27(3)18-7-5-4-6-16(17)18)12-25-20(28)14-8-10-15(11-9-14)29-21(22,23)24/h4-11,13,19H,12H2,1-3H3,(H,25,28)/t19-/m1/s1. The molecule has 0 unspecified atom stereocenters. The number of carbonyl (C=O) groups excluding carboxylic acids is 1. The number of para-hydroxylation sites is 1. The summed E-state index contributed by atoms with van der Waals surface area (Å²) in [6.45, 7) is 0.348. The van der Waals surface area contributed by atoms with Crippen LogP contribution in [0.15, 0.2) is 54.7 Å². The maximum atomic E-state index is 12.5. The molecule has 3 aromatic rings. The van der Waals surface area contributed by atoms with Crippen molar-refractivity contribution < 1.29 is 22.7 Å². The number of benzene rings is 2. The van der Waals surface area contributed by atoms with Crippen molar-refractivity contribution >= 4 is 16.8 Å². The Bertz CT molecular complexity index is 995. The first-order valence-electron chi connectivity index (χ1n) is 9.00. The third kappa shape index (κ3) is 4.89. The van der Waals surface area contributed by atoms with Crippen molar-refractivity contribution in [1.82, 2.24) is 14.8 Å². The lowest BCUT2D eigenvalue weighted by atomic mass is 10.0. The quantitative estimate of drug-likeness (QED) is 0.672. The van der Waals surface area contributed by atoms with Crippen LogP contribution in [0.1, 0.15) is 22.0 Å². The van der Waals surface area contributed by atoms with Gasteiger partial charge < -0.3 is 19.5 Å². The third-order valence-electron chi connectivity index (χ3n) is 4.72. The lowest BCUT2D eigenvalue weighted by Crippen LogP contribution is -2.34. The number of amides is 1. The molecule has 0 bridgehead atoms. The van der Waals surface area contributed by atoms with Gasteiger partial charge >= 0.3 is 6.36 Å². The van der Waals surface area contributed by atoms with Crippen molar-refractivity contribution in [2.45, 2.75) is 12.4 Å². The van der Waals surface area contributed by atoms with Crippen molar-refractivity contribution in [2.75, 3.05) is 20.6 Å². The van der Waals surface area contributed by atoms with Gasteiger partial charge in [-0.3, -0.25) is 4.79 Å². The number of nitrogens with one attached hydrogen (secondary N) is 1. The monoisotopic (exact) mass is 405 g/mol. The maximum Gasteiger partial charge on any atom is 0.573 e. The zero-order valence-corrected chi connectivity index (χ0v) is 16.3. The lowest BCUT2D eigenvalue weighted by Gasteiger charge is -2.24. The molecule has 0 aliphatic carbocycles. The van der Waals surface area contributed by atoms with Crippen LogP contribution >= 0.6 is 0 Å². The van der Waals surface area contributed by atoms with Crippen LogP contribution in [0.5, 0.6) is 5.75 Å². The molecule has 5 nitrogen and oxygen atoms in total. The molecule has 1 amide bonds. The van der Waals surface area contributed by atoms with E-state index in [1.54, 1.807) is 0 Å². The van der Waals surface area contributed by atoms with Crippen molar-refractivity contribution in [1.29, 1.82) is 0 Å². The molecule has 1 N–H and O–H groups in total. The predicted octanol–water partition coefficient (Wildman–Crippen LogP) is 4.11. The Morgan fingerprint density at radius 2 is 1.79 bits per heavy atom. The first-order chi connectivity index (χ1) is 13.7. The highest BCUT2D eigenvalue weighted by Crippen LogP contribution is 2.28. The molecule has 29 heavy (non-hydrogen) atoms. The first-order valence-corrected chi connectivity index (χ1v) is 9.00. The molecule has 0 radical (unpaired) electrons. The number of rotatable bonds is 6. The molecule has 1 aromatic heterocycles. The number of ether oxygens (including phenoxy) is 1. The number of nitrogens with zero attached hydrogens (tertiary/aromatic N) is 2. The van der Waals surface area contributed by atoms with Gasteiger partial charge in [0.25, 0.3) is 5.91 Å². The van der Waals surface area contributed by atoms with Gasteiger partial charge in [-0.1, -0.05) is 18.2 Å². The SMILES string of the molecule is CN(C)[C@H](CNC(=O)c1ccc(OC(F)(F)F)cc1)c1cn(C)c2ccccc12. The largest absolute Gasteiger partial charge is 0.573 e. The van der Waals surface area contributed by atoms with Gasteiger partial charge in [0.1, 0.15) is 5.75 Å². The Labute approximate surface area is 166 Å². The summed E-state index contributed by atoms with van der Waals surface area (Å²) in [5, 5.41) is 3.98. The zero-order valence-electron chi connectivity index (χ0n) is 16.3. The van der Waals surface area contributed by atoms with E-state index in [0.29, 0.717) is 6.54 Å². The Morgan fingerprint density at radius 1 is 1.14 bits per heavy atom. The third-order valence-corrected chi connectivity index (χ3v) is 4.72. The summed E-state index contributed by atoms with van der Waals surface area (Å²) in [6.07, 6.45) is -2.72. The van der Waals surface area contributed by atoms with Crippen LogP contribution in [-0.4, -0.2) is 42.4 Å². The second-order valence-corrected chi connectivity index (χ2v) is 6.97. The number of aryl methyl sites for hydroxylation is 1. The highest BCUT2D eigenvalue weighted by atomic mass is 19.4. The van der Waals surface area contributed by atoms with E-state index in [1.807, 2.05) is 61.1 Å². The molecule has 1 heterocycles. The second-order valence-electron chi connectivity index (χ2n) is 6.97. The molecule has 0 aliphatic heterocycles. The van der Waals surface area contributed by atoms with Crippen molar-refractivity contribution in [3.63, 3.8) is 0 Å². The topological polar surface area (TPSA) is 46.5 Å². The van der Waals surface area contributed by atoms with Gasteiger partial charge in [-0.25, -0.2) is 0 Å². The summed E-state index contributed by atoms with van der Waals surface area (Å²) in [4.78, 5) is 14.5. The number of alkyl halides is 3. The molecule has 154 valence electrons. The van der Waals surface area contributed by atoms with Crippen LogP contribution in [0, 0.1) is 0 Å². The molecule has 3 rings (SSSR count). The highest BCUT2D eigenvalue weighted by Gasteiger charge is 2.31. The summed E-state index contributed by atoms with van der Waals surface area (Å²) in [6, 6.07) is 12.8. The molecule has 0 aliphatic rings. The molecule has 1 atom stereocenters. The van der Waals surface area contributed by atoms with Gasteiger partial charge in [-0.2, -0.15) is 0 Å². The van der Waals surface area contributed by atoms with E-state index in [2.05, 4.69) is 10.1 Å². The Hall–Kier alpha value is -3.00. The van der Waals surface area contributed by atoms with E-state index in [0.717, 1.165) is 28.6 Å². The zero-order chi connectivity index (χ0) is 21.2. The summed E-state index contributed by atoms with van der Waals surface area (Å²) >= 11 is 0. The number of hydrogen-bond donors (Lipinski definition) is 1. The molecule has 0 fully saturated rings. The van der Waals surface area contributed by atoms with Gasteiger partial charge in [0.05, 0.1) is 6.04 Å². The summed E-state index contributed by atoms with van der Waals surface area (Å²) in [5.41, 5.74) is 2.44. The van der Waals surface area contributed by atoms with Crippen molar-refractivity contribution in [3.8, 4) is 5.75 Å². The number of fused-ring (bicyclic) bond motifs is 1. The highest BCUT2D eigenvalue weighted by molar-refractivity contribution is 5.94. The van der Waals surface area contributed by atoms with Crippen molar-refractivity contribution in [3.05, 3.63) is 65.9 Å². The molecule has 0 saturated carbocycles. The van der Waals surface area contributed by atoms with Gasteiger partial charge in [0.2, 0.25) is 0 Å². The number of likely N-dealkylation sites (N-methyl/N-ethyl adjacent to an activating group) is 1. The van der Waals surface area contributed by atoms with Crippen LogP contribution < -0.4 is 10.1 Å². The van der Waals surface area contributed by atoms with Crippen LogP contribution in [0.25, 0.3) is 10.9 Å². The minimum absolute atomic E-state index is 0.0714. The van der Waals surface area contributed by atoms with E-state index in [-0.39, 0.29) is 23.3 Å². The van der Waals surface area contributed by atoms with Gasteiger partial charge in [-0.05, 0) is 50.0 Å². The van der Waals surface area contributed by atoms with Crippen LogP contribution in [0.4, 0.5) is 13.2 Å². The smallest absolute Gasteiger partial charge is 0.406 e. The predicted molar refractivity (Wildman–Crippen MR) is 105 cm³/mol. The van der Waals surface area contributed by atoms with Gasteiger partial charge in [0, 0.05) is 36.3 Å². The Morgan fingerprint density at radius 3 is 2.41 bits per heavy atom. The van der Waals surface area contributed by atoms with E-state index >= 15 is 0 Å². The lowest BCUT2D eigenvalue weighted by molar-refractivity contribution is -0.274. The van der Waals surface area contributed by atoms with E-state index in [1.165, 1.54) is 12.1 Å². The second kappa shape index (κ2) is 8.16. The fourth-order valence-corrected chi connectivity index (χ4v) is 3.31. The normalized spacial score (nSPS) is 12.9. The van der Waals surface area contributed by atoms with Crippen molar-refractivity contribution in [2.24, 2.45) is 7.05 Å². The van der Waals surface area contributed by atoms with Gasteiger partial charge in [0.15, 0.2) is 0 Å². The summed E-state index contributed by atoms with van der Waals surface area (Å²) in [5.74, 6) is -0.730. The molecule has 2 aromatic carbocycles. The summed E-state index contributed by atoms with van der Waals surface area (Å²) < 4.78 is 42.6. The number of carbonyl (C=O) groups is 1. The molecular formula is C21H22F3N3O2. The average molecular weight is 405 g/mol. The number of halogens is 3. The van der Waals surface area contributed by atoms with E-state index < -0.39 is 6.36 Å². The molecule has 8 heteroatoms. The first kappa shape index (κ1) is 20.7. The fourth-order valence-electron chi connectivity index (χ4n) is 3.31. The Balaban J connectivity index is 1.73. The summed E-state index contributed by atoms with van der Waals surface area (Å²) in [7, 11) is 5.84. The average Bonchev–Trinajstić information content (AvgIpc) is 2.98. The maximum absolute atomic E-state index is 12.5. The number of aromatic nitrogens is 1. The number of hydrogen-bond acceptors (Lipinski definition) is 3. The van der Waals surface area contributed by atoms with Crippen LogP contribution in [0.2, 0.25) is 0 Å². The minimum atomic E-state index is -4.76. The Kier molecular flexibility index (Phi) is 5.83. The minimum Gasteiger partial charge on any atom is -0.406 e. The van der Waals surface area contributed by atoms with Crippen LogP contribution in [0.3, 0.4) is 0 Å². The molecule has 0 saturated heterocycles. The van der Waals surface area contributed by atoms with E-state index in [9.17, 15) is 18.0 Å². The fraction of sp³-hybridized carbons (Fsp3) is 0.286. The molecule has 0 spiro atoms. The van der Waals surface area contributed by atoms with Gasteiger partial charge in [-0.15, -0.1) is 13.2 Å². The van der Waals surface area contributed by atoms with Crippen LogP contribution in [-0.2, 0) is 7.05 Å².